The summed E-state index contributed by atoms with van der Waals surface area (Å²) >= 11 is 0. The molecule has 2 N–H and O–H groups in total. The van der Waals surface area contributed by atoms with E-state index in [1.165, 1.54) is 0 Å². The minimum absolute atomic E-state index is 0.389. The SMILES string of the molecule is N#Cc1ccccc1C1NC(=O)NC1=O. The van der Waals surface area contributed by atoms with E-state index in [0.717, 1.165) is 0 Å². The molecule has 74 valence electrons. The number of hydrogen-bond acceptors (Lipinski definition) is 3. The number of carbonyl (C=O) groups is 2. The lowest BCUT2D eigenvalue weighted by Gasteiger charge is -2.08. The van der Waals surface area contributed by atoms with E-state index >= 15 is 0 Å². The molecule has 3 amide bonds. The van der Waals surface area contributed by atoms with Gasteiger partial charge in [0.05, 0.1) is 11.6 Å². The Labute approximate surface area is 85.7 Å². The minimum atomic E-state index is -0.756. The monoisotopic (exact) mass is 201 g/mol. The van der Waals surface area contributed by atoms with Crippen LogP contribution in [0, 0.1) is 11.3 Å². The van der Waals surface area contributed by atoms with Crippen LogP contribution in [-0.2, 0) is 4.79 Å². The van der Waals surface area contributed by atoms with Gasteiger partial charge in [-0.2, -0.15) is 5.26 Å². The number of urea groups is 1. The Morgan fingerprint density at radius 3 is 2.60 bits per heavy atom. The molecule has 5 nitrogen and oxygen atoms in total. The zero-order valence-electron chi connectivity index (χ0n) is 7.65. The van der Waals surface area contributed by atoms with Gasteiger partial charge in [0, 0.05) is 5.56 Å². The lowest BCUT2D eigenvalue weighted by atomic mass is 10.0. The molecular formula is C10H7N3O2. The highest BCUT2D eigenvalue weighted by Gasteiger charge is 2.32. The molecule has 0 aromatic heterocycles. The third-order valence-corrected chi connectivity index (χ3v) is 2.17. The number of carbonyl (C=O) groups excluding carboxylic acids is 2. The van der Waals surface area contributed by atoms with E-state index in [2.05, 4.69) is 10.6 Å². The molecule has 1 aromatic rings. The van der Waals surface area contributed by atoms with Crippen LogP contribution >= 0.6 is 0 Å². The number of benzene rings is 1. The van der Waals surface area contributed by atoms with Crippen LogP contribution in [0.25, 0.3) is 0 Å². The third kappa shape index (κ3) is 1.53. The first kappa shape index (κ1) is 9.21. The first-order chi connectivity index (χ1) is 7.22. The lowest BCUT2D eigenvalue weighted by molar-refractivity contribution is -0.120. The fourth-order valence-electron chi connectivity index (χ4n) is 1.49. The molecule has 1 aliphatic rings. The van der Waals surface area contributed by atoms with E-state index in [0.29, 0.717) is 11.1 Å². The van der Waals surface area contributed by atoms with Crippen LogP contribution in [0.5, 0.6) is 0 Å². The molecule has 1 heterocycles. The van der Waals surface area contributed by atoms with Crippen LogP contribution in [0.4, 0.5) is 4.79 Å². The maximum absolute atomic E-state index is 11.3. The molecule has 0 aliphatic carbocycles. The number of amides is 3. The first-order valence-corrected chi connectivity index (χ1v) is 4.33. The normalized spacial score (nSPS) is 19.3. The van der Waals surface area contributed by atoms with Crippen molar-refractivity contribution >= 4 is 11.9 Å². The van der Waals surface area contributed by atoms with Gasteiger partial charge < -0.3 is 5.32 Å². The van der Waals surface area contributed by atoms with Crippen molar-refractivity contribution in [1.82, 2.24) is 10.6 Å². The summed E-state index contributed by atoms with van der Waals surface area (Å²) in [5.74, 6) is -0.428. The third-order valence-electron chi connectivity index (χ3n) is 2.17. The van der Waals surface area contributed by atoms with E-state index < -0.39 is 18.0 Å². The molecule has 1 aliphatic heterocycles. The highest BCUT2D eigenvalue weighted by atomic mass is 16.2. The highest BCUT2D eigenvalue weighted by molar-refractivity contribution is 6.04. The van der Waals surface area contributed by atoms with Gasteiger partial charge in [-0.15, -0.1) is 0 Å². The van der Waals surface area contributed by atoms with E-state index in [9.17, 15) is 9.59 Å². The molecule has 0 bridgehead atoms. The number of nitrogens with zero attached hydrogens (tertiary/aromatic N) is 1. The molecule has 2 rings (SSSR count). The Hall–Kier alpha value is -2.35. The van der Waals surface area contributed by atoms with Crippen LogP contribution < -0.4 is 10.6 Å². The van der Waals surface area contributed by atoms with Gasteiger partial charge in [0.1, 0.15) is 6.04 Å². The molecule has 0 saturated carbocycles. The van der Waals surface area contributed by atoms with Crippen molar-refractivity contribution in [2.45, 2.75) is 6.04 Å². The van der Waals surface area contributed by atoms with Crippen LogP contribution in [0.15, 0.2) is 24.3 Å². The Kier molecular flexibility index (Phi) is 2.10. The van der Waals surface area contributed by atoms with Gasteiger partial charge in [-0.3, -0.25) is 10.1 Å². The molecule has 1 aromatic carbocycles. The molecule has 15 heavy (non-hydrogen) atoms. The number of rotatable bonds is 1. The van der Waals surface area contributed by atoms with Crippen molar-refractivity contribution in [1.29, 1.82) is 5.26 Å². The maximum atomic E-state index is 11.3. The van der Waals surface area contributed by atoms with Crippen LogP contribution in [0.1, 0.15) is 17.2 Å². The molecule has 0 radical (unpaired) electrons. The fraction of sp³-hybridized carbons (Fsp3) is 0.100. The largest absolute Gasteiger partial charge is 0.322 e. The topological polar surface area (TPSA) is 82.0 Å². The maximum Gasteiger partial charge on any atom is 0.322 e. The van der Waals surface area contributed by atoms with Crippen molar-refractivity contribution in [2.24, 2.45) is 0 Å². The van der Waals surface area contributed by atoms with Gasteiger partial charge in [-0.25, -0.2) is 4.79 Å². The van der Waals surface area contributed by atoms with Gasteiger partial charge in [0.25, 0.3) is 5.91 Å². The number of nitriles is 1. The van der Waals surface area contributed by atoms with Crippen LogP contribution in [0.2, 0.25) is 0 Å². The molecule has 1 unspecified atom stereocenters. The standard InChI is InChI=1S/C10H7N3O2/c11-5-6-3-1-2-4-7(6)8-9(14)13-10(15)12-8/h1-4,8H,(H2,12,13,14,15). The smallest absolute Gasteiger partial charge is 0.322 e. The van der Waals surface area contributed by atoms with E-state index in [4.69, 9.17) is 5.26 Å². The van der Waals surface area contributed by atoms with Crippen molar-refractivity contribution in [2.75, 3.05) is 0 Å². The summed E-state index contributed by atoms with van der Waals surface area (Å²) in [6.07, 6.45) is 0. The number of hydrogen-bond donors (Lipinski definition) is 2. The molecule has 5 heteroatoms. The first-order valence-electron chi connectivity index (χ1n) is 4.33. The summed E-state index contributed by atoms with van der Waals surface area (Å²) in [6.45, 7) is 0. The second kappa shape index (κ2) is 3.42. The van der Waals surface area contributed by atoms with Crippen LogP contribution in [0.3, 0.4) is 0 Å². The molecule has 1 atom stereocenters. The van der Waals surface area contributed by atoms with Crippen molar-refractivity contribution in [3.05, 3.63) is 35.4 Å². The average molecular weight is 201 g/mol. The predicted octanol–water partition coefficient (Wildman–Crippen LogP) is 0.439. The molecule has 0 spiro atoms. The summed E-state index contributed by atoms with van der Waals surface area (Å²) in [5.41, 5.74) is 0.906. The predicted molar refractivity (Wildman–Crippen MR) is 50.6 cm³/mol. The summed E-state index contributed by atoms with van der Waals surface area (Å²) in [4.78, 5) is 22.3. The lowest BCUT2D eigenvalue weighted by Crippen LogP contribution is -2.22. The molecular weight excluding hydrogens is 194 g/mol. The summed E-state index contributed by atoms with van der Waals surface area (Å²) in [7, 11) is 0. The Morgan fingerprint density at radius 2 is 2.00 bits per heavy atom. The van der Waals surface area contributed by atoms with Gasteiger partial charge >= 0.3 is 6.03 Å². The quantitative estimate of drug-likeness (QED) is 0.647. The zero-order valence-corrected chi connectivity index (χ0v) is 7.65. The van der Waals surface area contributed by atoms with Crippen molar-refractivity contribution in [3.63, 3.8) is 0 Å². The zero-order chi connectivity index (χ0) is 10.8. The summed E-state index contributed by atoms with van der Waals surface area (Å²) < 4.78 is 0. The average Bonchev–Trinajstić information content (AvgIpc) is 2.57. The van der Waals surface area contributed by atoms with Gasteiger partial charge in [-0.05, 0) is 6.07 Å². The fourth-order valence-corrected chi connectivity index (χ4v) is 1.49. The molecule has 1 saturated heterocycles. The summed E-state index contributed by atoms with van der Waals surface area (Å²) in [6, 6.07) is 7.36. The highest BCUT2D eigenvalue weighted by Crippen LogP contribution is 2.19. The molecule has 1 fully saturated rings. The Balaban J connectivity index is 2.42. The van der Waals surface area contributed by atoms with E-state index in [-0.39, 0.29) is 0 Å². The van der Waals surface area contributed by atoms with E-state index in [1.807, 2.05) is 6.07 Å². The van der Waals surface area contributed by atoms with E-state index in [1.54, 1.807) is 24.3 Å². The minimum Gasteiger partial charge on any atom is -0.322 e. The van der Waals surface area contributed by atoms with Crippen molar-refractivity contribution in [3.8, 4) is 6.07 Å². The Morgan fingerprint density at radius 1 is 1.27 bits per heavy atom. The second-order valence-electron chi connectivity index (χ2n) is 3.09. The van der Waals surface area contributed by atoms with Gasteiger partial charge in [-0.1, -0.05) is 18.2 Å². The van der Waals surface area contributed by atoms with Gasteiger partial charge in [0.15, 0.2) is 0 Å². The van der Waals surface area contributed by atoms with Crippen molar-refractivity contribution < 1.29 is 9.59 Å². The number of nitrogens with one attached hydrogen (secondary N) is 2. The van der Waals surface area contributed by atoms with Gasteiger partial charge in [0.2, 0.25) is 0 Å². The summed E-state index contributed by atoms with van der Waals surface area (Å²) in [5, 5.41) is 13.4. The Bertz CT molecular complexity index is 476. The second-order valence-corrected chi connectivity index (χ2v) is 3.09. The number of imide groups is 1. The van der Waals surface area contributed by atoms with Crippen LogP contribution in [-0.4, -0.2) is 11.9 Å².